The van der Waals surface area contributed by atoms with Gasteiger partial charge in [0.2, 0.25) is 0 Å². The number of nitrogens with two attached hydrogens (primary N) is 1. The van der Waals surface area contributed by atoms with Gasteiger partial charge in [-0.3, -0.25) is 9.40 Å². The molecule has 0 spiro atoms. The summed E-state index contributed by atoms with van der Waals surface area (Å²) in [5.74, 6) is -0.328. The number of hydrogen-bond donors (Lipinski definition) is 2. The van der Waals surface area contributed by atoms with Gasteiger partial charge in [0.05, 0.1) is 28.9 Å². The van der Waals surface area contributed by atoms with Crippen LogP contribution in [0.3, 0.4) is 0 Å². The van der Waals surface area contributed by atoms with Crippen LogP contribution < -0.4 is 15.2 Å². The van der Waals surface area contributed by atoms with Crippen molar-refractivity contribution in [2.45, 2.75) is 17.3 Å². The maximum atomic E-state index is 14.2. The second-order valence-corrected chi connectivity index (χ2v) is 10.3. The SMILES string of the molecule is COc1cc(F)cc2c1c(NS(=O)(=O)c1ccc(Cl)s1)nn2Cc1cccc(CN)c1. The van der Waals surface area contributed by atoms with Crippen molar-refractivity contribution in [3.05, 3.63) is 69.8 Å². The maximum Gasteiger partial charge on any atom is 0.272 e. The minimum Gasteiger partial charge on any atom is -0.496 e. The fraction of sp³-hybridized carbons (Fsp3) is 0.150. The summed E-state index contributed by atoms with van der Waals surface area (Å²) in [6.07, 6.45) is 0. The zero-order chi connectivity index (χ0) is 22.2. The molecule has 0 amide bonds. The predicted octanol–water partition coefficient (Wildman–Crippen LogP) is 4.21. The first kappa shape index (κ1) is 21.6. The van der Waals surface area contributed by atoms with E-state index < -0.39 is 15.8 Å². The highest BCUT2D eigenvalue weighted by Crippen LogP contribution is 2.35. The molecule has 3 N–H and O–H groups in total. The quantitative estimate of drug-likeness (QED) is 0.413. The molecule has 0 aliphatic heterocycles. The van der Waals surface area contributed by atoms with Gasteiger partial charge in [0, 0.05) is 18.7 Å². The highest BCUT2D eigenvalue weighted by Gasteiger charge is 2.23. The van der Waals surface area contributed by atoms with Gasteiger partial charge >= 0.3 is 0 Å². The van der Waals surface area contributed by atoms with Gasteiger partial charge < -0.3 is 10.5 Å². The van der Waals surface area contributed by atoms with Crippen LogP contribution in [0.5, 0.6) is 5.75 Å². The van der Waals surface area contributed by atoms with Crippen molar-refractivity contribution in [1.82, 2.24) is 9.78 Å². The number of thiophene rings is 1. The first-order valence-electron chi connectivity index (χ1n) is 9.11. The van der Waals surface area contributed by atoms with E-state index in [1.807, 2.05) is 24.3 Å². The molecule has 2 aromatic carbocycles. The van der Waals surface area contributed by atoms with Gasteiger partial charge in [0.25, 0.3) is 10.0 Å². The summed E-state index contributed by atoms with van der Waals surface area (Å²) in [6.45, 7) is 0.661. The molecule has 11 heteroatoms. The third kappa shape index (κ3) is 4.38. The topological polar surface area (TPSA) is 99.2 Å². The third-order valence-electron chi connectivity index (χ3n) is 4.61. The molecule has 0 unspecified atom stereocenters. The lowest BCUT2D eigenvalue weighted by Crippen LogP contribution is -2.12. The Bertz CT molecular complexity index is 1370. The summed E-state index contributed by atoms with van der Waals surface area (Å²) in [4.78, 5) is 0. The number of rotatable bonds is 7. The van der Waals surface area contributed by atoms with Gasteiger partial charge in [-0.15, -0.1) is 11.3 Å². The molecule has 0 aliphatic rings. The summed E-state index contributed by atoms with van der Waals surface area (Å²) in [5.41, 5.74) is 7.93. The standard InChI is InChI=1S/C20H18ClFN4O3S2/c1-29-16-9-14(22)8-15-19(16)20(25-31(27,28)18-6-5-17(21)30-18)24-26(15)11-13-4-2-3-12(7-13)10-23/h2-9H,10-11,23H2,1H3,(H,24,25). The van der Waals surface area contributed by atoms with Gasteiger partial charge in [0.15, 0.2) is 5.82 Å². The van der Waals surface area contributed by atoms with Gasteiger partial charge in [-0.25, -0.2) is 12.8 Å². The lowest BCUT2D eigenvalue weighted by molar-refractivity contribution is 0.416. The van der Waals surface area contributed by atoms with E-state index in [4.69, 9.17) is 22.1 Å². The molecule has 31 heavy (non-hydrogen) atoms. The second-order valence-electron chi connectivity index (χ2n) is 6.70. The fourth-order valence-corrected chi connectivity index (χ4v) is 5.73. The molecule has 0 saturated heterocycles. The number of sulfonamides is 1. The van der Waals surface area contributed by atoms with Crippen LogP contribution in [-0.2, 0) is 23.1 Å². The zero-order valence-corrected chi connectivity index (χ0v) is 18.7. The van der Waals surface area contributed by atoms with Gasteiger partial charge in [-0.1, -0.05) is 35.9 Å². The smallest absolute Gasteiger partial charge is 0.272 e. The van der Waals surface area contributed by atoms with Crippen LogP contribution in [0.4, 0.5) is 10.2 Å². The van der Waals surface area contributed by atoms with Gasteiger partial charge in [-0.2, -0.15) is 5.10 Å². The lowest BCUT2D eigenvalue weighted by Gasteiger charge is -2.07. The molecular formula is C20H18ClFN4O3S2. The minimum atomic E-state index is -3.95. The fourth-order valence-electron chi connectivity index (χ4n) is 3.23. The number of nitrogens with one attached hydrogen (secondary N) is 1. The minimum absolute atomic E-state index is 0.0337. The van der Waals surface area contributed by atoms with E-state index >= 15 is 0 Å². The number of fused-ring (bicyclic) bond motifs is 1. The van der Waals surface area contributed by atoms with E-state index in [1.165, 1.54) is 36.1 Å². The van der Waals surface area contributed by atoms with Crippen LogP contribution in [0.15, 0.2) is 52.7 Å². The van der Waals surface area contributed by atoms with Gasteiger partial charge in [-0.05, 0) is 23.3 Å². The van der Waals surface area contributed by atoms with Crippen LogP contribution in [0, 0.1) is 5.82 Å². The molecular weight excluding hydrogens is 463 g/mol. The summed E-state index contributed by atoms with van der Waals surface area (Å²) >= 11 is 6.81. The Hall–Kier alpha value is -2.66. The number of hydrogen-bond acceptors (Lipinski definition) is 6. The average Bonchev–Trinajstić information content (AvgIpc) is 3.32. The molecule has 162 valence electrons. The number of benzene rings is 2. The van der Waals surface area contributed by atoms with Crippen LogP contribution in [0.25, 0.3) is 10.9 Å². The number of anilines is 1. The van der Waals surface area contributed by atoms with Crippen molar-refractivity contribution >= 4 is 49.7 Å². The molecule has 0 bridgehead atoms. The molecule has 2 heterocycles. The zero-order valence-electron chi connectivity index (χ0n) is 16.3. The van der Waals surface area contributed by atoms with Crippen molar-refractivity contribution in [2.75, 3.05) is 11.8 Å². The van der Waals surface area contributed by atoms with Gasteiger partial charge in [0.1, 0.15) is 15.8 Å². The first-order valence-corrected chi connectivity index (χ1v) is 11.8. The van der Waals surface area contributed by atoms with E-state index in [0.29, 0.717) is 21.8 Å². The van der Waals surface area contributed by atoms with Crippen molar-refractivity contribution in [2.24, 2.45) is 5.73 Å². The summed E-state index contributed by atoms with van der Waals surface area (Å²) in [5, 5.41) is 4.78. The molecule has 0 aliphatic carbocycles. The normalized spacial score (nSPS) is 11.7. The first-order chi connectivity index (χ1) is 14.8. The van der Waals surface area contributed by atoms with Crippen molar-refractivity contribution in [3.8, 4) is 5.75 Å². The molecule has 0 saturated carbocycles. The molecule has 0 radical (unpaired) electrons. The number of ether oxygens (including phenoxy) is 1. The predicted molar refractivity (Wildman–Crippen MR) is 120 cm³/mol. The van der Waals surface area contributed by atoms with E-state index in [9.17, 15) is 12.8 Å². The van der Waals surface area contributed by atoms with Crippen LogP contribution in [0.1, 0.15) is 11.1 Å². The Kier molecular flexibility index (Phi) is 5.89. The van der Waals surface area contributed by atoms with Crippen LogP contribution >= 0.6 is 22.9 Å². The summed E-state index contributed by atoms with van der Waals surface area (Å²) in [7, 11) is -2.56. The molecule has 0 fully saturated rings. The van der Waals surface area contributed by atoms with Crippen LogP contribution in [0.2, 0.25) is 4.34 Å². The summed E-state index contributed by atoms with van der Waals surface area (Å²) in [6, 6.07) is 13.0. The Labute approximate surface area is 187 Å². The Morgan fingerprint density at radius 1 is 1.23 bits per heavy atom. The molecule has 0 atom stereocenters. The second kappa shape index (κ2) is 8.46. The lowest BCUT2D eigenvalue weighted by atomic mass is 10.1. The van der Waals surface area contributed by atoms with Crippen molar-refractivity contribution in [1.29, 1.82) is 0 Å². The largest absolute Gasteiger partial charge is 0.496 e. The molecule has 4 aromatic rings. The number of halogens is 2. The van der Waals surface area contributed by atoms with E-state index in [1.54, 1.807) is 0 Å². The third-order valence-corrected chi connectivity index (χ3v) is 7.67. The monoisotopic (exact) mass is 480 g/mol. The summed E-state index contributed by atoms with van der Waals surface area (Å²) < 4.78 is 49.6. The number of nitrogens with zero attached hydrogens (tertiary/aromatic N) is 2. The molecule has 7 nitrogen and oxygen atoms in total. The van der Waals surface area contributed by atoms with Crippen molar-refractivity contribution in [3.63, 3.8) is 0 Å². The highest BCUT2D eigenvalue weighted by atomic mass is 35.5. The maximum absolute atomic E-state index is 14.2. The Balaban J connectivity index is 1.83. The molecule has 4 rings (SSSR count). The van der Waals surface area contributed by atoms with E-state index in [-0.39, 0.29) is 22.3 Å². The Morgan fingerprint density at radius 3 is 2.68 bits per heavy atom. The number of aromatic nitrogens is 2. The van der Waals surface area contributed by atoms with Crippen molar-refractivity contribution < 1.29 is 17.5 Å². The Morgan fingerprint density at radius 2 is 2.00 bits per heavy atom. The average molecular weight is 481 g/mol. The van der Waals surface area contributed by atoms with E-state index in [2.05, 4.69) is 9.82 Å². The molecule has 2 aromatic heterocycles. The van der Waals surface area contributed by atoms with E-state index in [0.717, 1.165) is 22.5 Å². The highest BCUT2D eigenvalue weighted by molar-refractivity contribution is 7.94. The van der Waals surface area contributed by atoms with Crippen LogP contribution in [-0.4, -0.2) is 25.3 Å². The number of methoxy groups -OCH3 is 1.